The van der Waals surface area contributed by atoms with Crippen molar-refractivity contribution < 1.29 is 18.0 Å². The number of nitrogens with one attached hydrogen (secondary N) is 1. The fraction of sp³-hybridized carbons (Fsp3) is 0.190. The molecule has 0 spiro atoms. The van der Waals surface area contributed by atoms with Crippen molar-refractivity contribution in [2.24, 2.45) is 0 Å². The number of amides is 1. The highest BCUT2D eigenvalue weighted by atomic mass is 35.5. The number of alkyl halides is 3. The smallest absolute Gasteiger partial charge is 0.342 e. The zero-order valence-electron chi connectivity index (χ0n) is 14.5. The fourth-order valence-electron chi connectivity index (χ4n) is 3.34. The molecule has 2 aromatic carbocycles. The Morgan fingerprint density at radius 2 is 1.70 bits per heavy atom. The topological polar surface area (TPSA) is 29.1 Å². The van der Waals surface area contributed by atoms with Gasteiger partial charge in [-0.25, -0.2) is 0 Å². The molecular formula is C21H17ClF3NO. The van der Waals surface area contributed by atoms with Crippen LogP contribution < -0.4 is 5.32 Å². The van der Waals surface area contributed by atoms with Gasteiger partial charge in [0, 0.05) is 11.9 Å². The molecule has 27 heavy (non-hydrogen) atoms. The van der Waals surface area contributed by atoms with E-state index in [0.29, 0.717) is 17.0 Å². The van der Waals surface area contributed by atoms with Crippen molar-refractivity contribution in [3.05, 3.63) is 88.5 Å². The molecule has 0 aliphatic heterocycles. The van der Waals surface area contributed by atoms with Gasteiger partial charge in [-0.05, 0) is 47.4 Å². The average molecular weight is 392 g/mol. The molecule has 1 amide bonds. The van der Waals surface area contributed by atoms with E-state index in [0.717, 1.165) is 23.3 Å². The second-order valence-electron chi connectivity index (χ2n) is 6.38. The van der Waals surface area contributed by atoms with Gasteiger partial charge in [-0.1, -0.05) is 54.1 Å². The molecule has 0 fully saturated rings. The minimum absolute atomic E-state index is 0.273. The Morgan fingerprint density at radius 1 is 1.07 bits per heavy atom. The van der Waals surface area contributed by atoms with Crippen LogP contribution in [0.3, 0.4) is 0 Å². The first kappa shape index (κ1) is 19.2. The van der Waals surface area contributed by atoms with Gasteiger partial charge in [0.2, 0.25) is 5.91 Å². The van der Waals surface area contributed by atoms with Gasteiger partial charge in [0.05, 0.1) is 11.1 Å². The van der Waals surface area contributed by atoms with Crippen molar-refractivity contribution in [3.63, 3.8) is 0 Å². The molecule has 0 saturated heterocycles. The third kappa shape index (κ3) is 3.93. The third-order valence-corrected chi connectivity index (χ3v) is 4.78. The zero-order valence-corrected chi connectivity index (χ0v) is 15.2. The zero-order chi connectivity index (χ0) is 19.7. The molecule has 1 N–H and O–H groups in total. The van der Waals surface area contributed by atoms with E-state index in [1.54, 1.807) is 12.1 Å². The van der Waals surface area contributed by atoms with E-state index in [-0.39, 0.29) is 5.91 Å². The molecule has 0 bridgehead atoms. The number of hydrogen-bond acceptors (Lipinski definition) is 1. The van der Waals surface area contributed by atoms with Crippen LogP contribution >= 0.6 is 11.6 Å². The van der Waals surface area contributed by atoms with E-state index in [2.05, 4.69) is 5.32 Å². The first-order chi connectivity index (χ1) is 12.7. The molecule has 1 unspecified atom stereocenters. The molecule has 0 saturated carbocycles. The summed E-state index contributed by atoms with van der Waals surface area (Å²) < 4.78 is 38.8. The molecule has 1 aliphatic rings. The number of benzene rings is 2. The van der Waals surface area contributed by atoms with Crippen molar-refractivity contribution in [2.75, 3.05) is 0 Å². The Labute approximate surface area is 160 Å². The number of hydrogen-bond donors (Lipinski definition) is 1. The van der Waals surface area contributed by atoms with Gasteiger partial charge in [0.1, 0.15) is 0 Å². The summed E-state index contributed by atoms with van der Waals surface area (Å²) >= 11 is 5.97. The standard InChI is InChI=1S/C21H17ClF3NO/c1-14(27)26-20(16-7-9-17(10-8-16)21(23,24)25)13-3-2-4-19(20)15-5-11-18(22)12-6-15/h2-12H,13H2,1H3,(H,26,27). The summed E-state index contributed by atoms with van der Waals surface area (Å²) in [6, 6.07) is 12.0. The predicted molar refractivity (Wildman–Crippen MR) is 100 cm³/mol. The number of rotatable bonds is 3. The maximum Gasteiger partial charge on any atom is 0.416 e. The third-order valence-electron chi connectivity index (χ3n) is 4.53. The number of halogens is 4. The minimum Gasteiger partial charge on any atom is -0.342 e. The van der Waals surface area contributed by atoms with Crippen LogP contribution in [0.5, 0.6) is 0 Å². The molecular weight excluding hydrogens is 375 g/mol. The summed E-state index contributed by atoms with van der Waals surface area (Å²) in [5, 5.41) is 3.53. The summed E-state index contributed by atoms with van der Waals surface area (Å²) in [7, 11) is 0. The molecule has 1 atom stereocenters. The highest BCUT2D eigenvalue weighted by molar-refractivity contribution is 6.30. The largest absolute Gasteiger partial charge is 0.416 e. The van der Waals surface area contributed by atoms with Crippen molar-refractivity contribution in [2.45, 2.75) is 25.1 Å². The second-order valence-corrected chi connectivity index (χ2v) is 6.82. The predicted octanol–water partition coefficient (Wildman–Crippen LogP) is 5.73. The highest BCUT2D eigenvalue weighted by Gasteiger charge is 2.39. The lowest BCUT2D eigenvalue weighted by Gasteiger charge is -2.39. The Morgan fingerprint density at radius 3 is 2.26 bits per heavy atom. The quantitative estimate of drug-likeness (QED) is 0.710. The van der Waals surface area contributed by atoms with Gasteiger partial charge in [0.15, 0.2) is 0 Å². The minimum atomic E-state index is -4.42. The lowest BCUT2D eigenvalue weighted by atomic mass is 9.74. The summed E-state index contributed by atoms with van der Waals surface area (Å²) in [6.07, 6.45) is 1.62. The summed E-state index contributed by atoms with van der Waals surface area (Å²) in [5.74, 6) is -0.273. The van der Waals surface area contributed by atoms with Gasteiger partial charge < -0.3 is 5.32 Å². The van der Waals surface area contributed by atoms with Gasteiger partial charge >= 0.3 is 6.18 Å². The highest BCUT2D eigenvalue weighted by Crippen LogP contribution is 2.43. The maximum atomic E-state index is 12.9. The van der Waals surface area contributed by atoms with Crippen molar-refractivity contribution in [1.82, 2.24) is 5.32 Å². The van der Waals surface area contributed by atoms with Crippen molar-refractivity contribution >= 4 is 23.1 Å². The van der Waals surface area contributed by atoms with Crippen LogP contribution in [0.4, 0.5) is 13.2 Å². The first-order valence-corrected chi connectivity index (χ1v) is 8.70. The number of allylic oxidation sites excluding steroid dienone is 2. The Kier molecular flexibility index (Phi) is 5.16. The maximum absolute atomic E-state index is 12.9. The van der Waals surface area contributed by atoms with Crippen LogP contribution in [0, 0.1) is 0 Å². The number of carbonyl (C=O) groups excluding carboxylic acids is 1. The van der Waals surface area contributed by atoms with E-state index in [1.165, 1.54) is 19.1 Å². The van der Waals surface area contributed by atoms with Crippen LogP contribution in [-0.2, 0) is 16.5 Å². The van der Waals surface area contributed by atoms with Crippen LogP contribution in [0.15, 0.2) is 66.8 Å². The summed E-state index contributed by atoms with van der Waals surface area (Å²) in [4.78, 5) is 12.0. The summed E-state index contributed by atoms with van der Waals surface area (Å²) in [6.45, 7) is 1.39. The molecule has 3 rings (SSSR count). The first-order valence-electron chi connectivity index (χ1n) is 8.32. The molecule has 2 aromatic rings. The Bertz CT molecular complexity index is 899. The van der Waals surface area contributed by atoms with Crippen molar-refractivity contribution in [1.29, 1.82) is 0 Å². The van der Waals surface area contributed by atoms with E-state index in [1.807, 2.05) is 30.4 Å². The van der Waals surface area contributed by atoms with Crippen LogP contribution in [0.2, 0.25) is 5.02 Å². The molecule has 140 valence electrons. The van der Waals surface area contributed by atoms with Crippen LogP contribution in [0.25, 0.3) is 5.57 Å². The fourth-order valence-corrected chi connectivity index (χ4v) is 3.47. The van der Waals surface area contributed by atoms with E-state index >= 15 is 0 Å². The normalized spacial score (nSPS) is 19.5. The molecule has 2 nitrogen and oxygen atoms in total. The summed E-state index contributed by atoms with van der Waals surface area (Å²) in [5.41, 5.74) is 0.510. The van der Waals surface area contributed by atoms with E-state index < -0.39 is 17.3 Å². The Balaban J connectivity index is 2.13. The second kappa shape index (κ2) is 7.24. The van der Waals surface area contributed by atoms with Crippen molar-refractivity contribution in [3.8, 4) is 0 Å². The molecule has 0 radical (unpaired) electrons. The molecule has 6 heteroatoms. The Hall–Kier alpha value is -2.53. The molecule has 1 aliphatic carbocycles. The number of carbonyl (C=O) groups is 1. The van der Waals surface area contributed by atoms with Gasteiger partial charge in [-0.15, -0.1) is 0 Å². The SMILES string of the molecule is CC(=O)NC1(c2ccc(C(F)(F)F)cc2)CC=CC=C1c1ccc(Cl)cc1. The van der Waals surface area contributed by atoms with E-state index in [4.69, 9.17) is 11.6 Å². The lowest BCUT2D eigenvalue weighted by molar-refractivity contribution is -0.137. The van der Waals surface area contributed by atoms with Gasteiger partial charge in [0.25, 0.3) is 0 Å². The molecule has 0 aromatic heterocycles. The van der Waals surface area contributed by atoms with Gasteiger partial charge in [-0.2, -0.15) is 13.2 Å². The lowest BCUT2D eigenvalue weighted by Crippen LogP contribution is -2.46. The monoisotopic (exact) mass is 391 g/mol. The molecule has 0 heterocycles. The van der Waals surface area contributed by atoms with Crippen LogP contribution in [-0.4, -0.2) is 5.91 Å². The van der Waals surface area contributed by atoms with Gasteiger partial charge in [-0.3, -0.25) is 4.79 Å². The van der Waals surface area contributed by atoms with E-state index in [9.17, 15) is 18.0 Å². The van der Waals surface area contributed by atoms with Crippen LogP contribution in [0.1, 0.15) is 30.0 Å². The average Bonchev–Trinajstić information content (AvgIpc) is 2.62.